The second-order valence-corrected chi connectivity index (χ2v) is 7.32. The normalized spacial score (nSPS) is 22.8. The molecule has 3 atom stereocenters. The summed E-state index contributed by atoms with van der Waals surface area (Å²) < 4.78 is 80.4. The summed E-state index contributed by atoms with van der Waals surface area (Å²) in [7, 11) is 0.948. The number of anilines is 2. The molecule has 1 fully saturated rings. The molecule has 2 aromatic rings. The molecule has 2 heterocycles. The van der Waals surface area contributed by atoms with Crippen LogP contribution >= 0.6 is 0 Å². The van der Waals surface area contributed by atoms with Gasteiger partial charge in [0.05, 0.1) is 18.9 Å². The van der Waals surface area contributed by atoms with Crippen LogP contribution in [0.25, 0.3) is 0 Å². The van der Waals surface area contributed by atoms with Crippen molar-refractivity contribution in [2.24, 2.45) is 5.73 Å². The van der Waals surface area contributed by atoms with Crippen LogP contribution in [0.1, 0.15) is 24.3 Å². The smallest absolute Gasteiger partial charge is 0.436 e. The van der Waals surface area contributed by atoms with Gasteiger partial charge in [-0.1, -0.05) is 0 Å². The monoisotopic (exact) mass is 474 g/mol. The zero-order valence-corrected chi connectivity index (χ0v) is 17.5. The first kappa shape index (κ1) is 24.2. The number of nitrogens with two attached hydrogens (primary N) is 1. The summed E-state index contributed by atoms with van der Waals surface area (Å²) in [6, 6.07) is 2.23. The average molecular weight is 474 g/mol. The molecule has 1 aliphatic rings. The van der Waals surface area contributed by atoms with Crippen LogP contribution < -0.4 is 20.7 Å². The first-order chi connectivity index (χ1) is 15.3. The maximum Gasteiger partial charge on any atom is 0.436 e. The highest BCUT2D eigenvalue weighted by Crippen LogP contribution is 2.49. The predicted molar refractivity (Wildman–Crippen MR) is 106 cm³/mol. The number of methoxy groups -OCH3 is 1. The Labute approximate surface area is 184 Å². The standard InChI is InChI=1S/C20H19F5N4O4/c1-9-15(18(31)28-10-6-7-27-12(8-10)17(26)30)29(19(2,33-9)20(23,24)25)13-5-4-11(21)14(22)16(13)32-3/h4-9,15H,1-3H3,(H2,26,30)(H,27,28,31)/t9-,15?,19?/m1/s1. The van der Waals surface area contributed by atoms with E-state index in [4.69, 9.17) is 15.2 Å². The van der Waals surface area contributed by atoms with E-state index in [0.717, 1.165) is 19.2 Å². The number of amides is 2. The first-order valence-corrected chi connectivity index (χ1v) is 9.44. The van der Waals surface area contributed by atoms with E-state index in [1.807, 2.05) is 0 Å². The Balaban J connectivity index is 2.11. The van der Waals surface area contributed by atoms with Gasteiger partial charge in [0.25, 0.3) is 5.91 Å². The van der Waals surface area contributed by atoms with Gasteiger partial charge in [-0.2, -0.15) is 17.6 Å². The number of halogens is 5. The third kappa shape index (κ3) is 4.15. The molecule has 1 aliphatic heterocycles. The number of hydrogen-bond acceptors (Lipinski definition) is 6. The SMILES string of the molecule is COc1c(N2C(C(=O)Nc3ccnc(C(N)=O)c3)[C@@H](C)OC2(C)C(F)(F)F)ccc(F)c1F. The minimum absolute atomic E-state index is 0.0220. The number of nitrogens with one attached hydrogen (secondary N) is 1. The average Bonchev–Trinajstić information content (AvgIpc) is 3.01. The van der Waals surface area contributed by atoms with Crippen molar-refractivity contribution in [1.82, 2.24) is 4.98 Å². The van der Waals surface area contributed by atoms with Crippen LogP contribution in [0.2, 0.25) is 0 Å². The van der Waals surface area contributed by atoms with Gasteiger partial charge in [-0.25, -0.2) is 4.39 Å². The largest absolute Gasteiger partial charge is 0.491 e. The number of carbonyl (C=O) groups is 2. The summed E-state index contributed by atoms with van der Waals surface area (Å²) in [6.07, 6.45) is -5.24. The lowest BCUT2D eigenvalue weighted by molar-refractivity contribution is -0.261. The van der Waals surface area contributed by atoms with Gasteiger partial charge in [-0.15, -0.1) is 0 Å². The lowest BCUT2D eigenvalue weighted by Crippen LogP contribution is -2.58. The molecular formula is C20H19F5N4O4. The molecule has 2 unspecified atom stereocenters. The van der Waals surface area contributed by atoms with E-state index in [9.17, 15) is 31.5 Å². The van der Waals surface area contributed by atoms with Crippen LogP contribution in [0.5, 0.6) is 5.75 Å². The van der Waals surface area contributed by atoms with Crippen molar-refractivity contribution < 1.29 is 41.0 Å². The molecule has 13 heteroatoms. The van der Waals surface area contributed by atoms with Crippen molar-refractivity contribution in [1.29, 1.82) is 0 Å². The third-order valence-electron chi connectivity index (χ3n) is 5.17. The molecule has 33 heavy (non-hydrogen) atoms. The third-order valence-corrected chi connectivity index (χ3v) is 5.17. The van der Waals surface area contributed by atoms with Gasteiger partial charge in [-0.05, 0) is 38.1 Å². The second-order valence-electron chi connectivity index (χ2n) is 7.32. The summed E-state index contributed by atoms with van der Waals surface area (Å²) in [6.45, 7) is 1.89. The number of rotatable bonds is 5. The van der Waals surface area contributed by atoms with Crippen molar-refractivity contribution in [3.63, 3.8) is 0 Å². The molecule has 178 valence electrons. The van der Waals surface area contributed by atoms with Gasteiger partial charge in [0.15, 0.2) is 11.6 Å². The number of pyridine rings is 1. The van der Waals surface area contributed by atoms with Crippen molar-refractivity contribution in [3.05, 3.63) is 47.8 Å². The van der Waals surface area contributed by atoms with Crippen molar-refractivity contribution in [2.75, 3.05) is 17.3 Å². The minimum atomic E-state index is -5.05. The molecule has 0 aliphatic carbocycles. The Bertz CT molecular complexity index is 1100. The summed E-state index contributed by atoms with van der Waals surface area (Å²) >= 11 is 0. The number of nitrogens with zero attached hydrogens (tertiary/aromatic N) is 2. The number of ether oxygens (including phenoxy) is 2. The number of primary amides is 1. The number of aromatic nitrogens is 1. The number of benzene rings is 1. The Morgan fingerprint density at radius 1 is 1.27 bits per heavy atom. The Morgan fingerprint density at radius 2 is 1.94 bits per heavy atom. The molecule has 3 N–H and O–H groups in total. The zero-order chi connectivity index (χ0) is 24.7. The van der Waals surface area contributed by atoms with Crippen molar-refractivity contribution >= 4 is 23.2 Å². The van der Waals surface area contributed by atoms with E-state index < -0.39 is 58.9 Å². The summed E-state index contributed by atoms with van der Waals surface area (Å²) in [4.78, 5) is 28.6. The second kappa shape index (κ2) is 8.46. The Morgan fingerprint density at radius 3 is 2.52 bits per heavy atom. The maximum absolute atomic E-state index is 14.4. The fourth-order valence-electron chi connectivity index (χ4n) is 3.64. The van der Waals surface area contributed by atoms with Crippen LogP contribution in [0.4, 0.5) is 33.3 Å². The lowest BCUT2D eigenvalue weighted by atomic mass is 10.1. The highest BCUT2D eigenvalue weighted by molar-refractivity contribution is 5.99. The van der Waals surface area contributed by atoms with E-state index in [1.54, 1.807) is 0 Å². The molecule has 0 saturated carbocycles. The fraction of sp³-hybridized carbons (Fsp3) is 0.350. The molecule has 0 bridgehead atoms. The number of hydrogen-bond donors (Lipinski definition) is 2. The molecule has 1 saturated heterocycles. The van der Waals surface area contributed by atoms with Gasteiger partial charge >= 0.3 is 6.18 Å². The number of alkyl halides is 3. The van der Waals surface area contributed by atoms with E-state index >= 15 is 0 Å². The Kier molecular flexibility index (Phi) is 6.20. The summed E-state index contributed by atoms with van der Waals surface area (Å²) in [5.74, 6) is -5.58. The highest BCUT2D eigenvalue weighted by atomic mass is 19.4. The van der Waals surface area contributed by atoms with Gasteiger partial charge in [0, 0.05) is 11.9 Å². The lowest BCUT2D eigenvalue weighted by Gasteiger charge is -2.39. The summed E-state index contributed by atoms with van der Waals surface area (Å²) in [5, 5.41) is 2.38. The molecular weight excluding hydrogens is 455 g/mol. The van der Waals surface area contributed by atoms with E-state index in [-0.39, 0.29) is 11.4 Å². The topological polar surface area (TPSA) is 107 Å². The highest BCUT2D eigenvalue weighted by Gasteiger charge is 2.66. The predicted octanol–water partition coefficient (Wildman–Crippen LogP) is 2.98. The van der Waals surface area contributed by atoms with E-state index in [2.05, 4.69) is 10.3 Å². The van der Waals surface area contributed by atoms with E-state index in [0.29, 0.717) is 17.9 Å². The van der Waals surface area contributed by atoms with E-state index in [1.165, 1.54) is 19.2 Å². The van der Waals surface area contributed by atoms with Crippen LogP contribution in [-0.4, -0.2) is 48.0 Å². The molecule has 0 radical (unpaired) electrons. The van der Waals surface area contributed by atoms with Gasteiger partial charge in [0.2, 0.25) is 17.4 Å². The van der Waals surface area contributed by atoms with Crippen LogP contribution in [0, 0.1) is 11.6 Å². The molecule has 0 spiro atoms. The van der Waals surface area contributed by atoms with Gasteiger partial charge in [0.1, 0.15) is 11.7 Å². The van der Waals surface area contributed by atoms with Gasteiger partial charge < -0.3 is 25.4 Å². The quantitative estimate of drug-likeness (QED) is 0.646. The maximum atomic E-state index is 14.4. The minimum Gasteiger partial charge on any atom is -0.491 e. The van der Waals surface area contributed by atoms with Crippen LogP contribution in [-0.2, 0) is 9.53 Å². The van der Waals surface area contributed by atoms with Crippen LogP contribution in [0.15, 0.2) is 30.5 Å². The molecule has 2 amide bonds. The van der Waals surface area contributed by atoms with Gasteiger partial charge in [-0.3, -0.25) is 14.6 Å². The molecule has 3 rings (SSSR count). The van der Waals surface area contributed by atoms with Crippen molar-refractivity contribution in [3.8, 4) is 5.75 Å². The zero-order valence-electron chi connectivity index (χ0n) is 17.5. The number of carbonyl (C=O) groups excluding carboxylic acids is 2. The molecule has 1 aromatic heterocycles. The van der Waals surface area contributed by atoms with Crippen LogP contribution in [0.3, 0.4) is 0 Å². The molecule has 1 aromatic carbocycles. The summed E-state index contributed by atoms with van der Waals surface area (Å²) in [5.41, 5.74) is 1.34. The first-order valence-electron chi connectivity index (χ1n) is 9.44. The van der Waals surface area contributed by atoms with Crippen molar-refractivity contribution in [2.45, 2.75) is 37.9 Å². The fourth-order valence-corrected chi connectivity index (χ4v) is 3.64. The Hall–Kier alpha value is -3.48. The molecule has 8 nitrogen and oxygen atoms in total.